The van der Waals surface area contributed by atoms with Crippen molar-refractivity contribution in [2.45, 2.75) is 26.3 Å². The van der Waals surface area contributed by atoms with Gasteiger partial charge in [0.15, 0.2) is 5.82 Å². The summed E-state index contributed by atoms with van der Waals surface area (Å²) in [6.45, 7) is 1.77. The van der Waals surface area contributed by atoms with Gasteiger partial charge >= 0.3 is 0 Å². The number of aromatic amines is 1. The summed E-state index contributed by atoms with van der Waals surface area (Å²) in [5.74, 6) is -0.595. The van der Waals surface area contributed by atoms with Gasteiger partial charge in [0.25, 0.3) is 0 Å². The lowest BCUT2D eigenvalue weighted by molar-refractivity contribution is 0.562. The third-order valence-electron chi connectivity index (χ3n) is 5.05. The first-order valence-corrected chi connectivity index (χ1v) is 12.1. The molecule has 10 heteroatoms. The molecule has 0 fully saturated rings. The van der Waals surface area contributed by atoms with Crippen LogP contribution < -0.4 is 10.0 Å². The van der Waals surface area contributed by atoms with Crippen molar-refractivity contribution in [2.24, 2.45) is 0 Å². The molecule has 1 atom stereocenters. The van der Waals surface area contributed by atoms with E-state index in [1.807, 2.05) is 25.3 Å². The van der Waals surface area contributed by atoms with Crippen molar-refractivity contribution in [1.29, 1.82) is 0 Å². The van der Waals surface area contributed by atoms with E-state index in [1.54, 1.807) is 18.5 Å². The average Bonchev–Trinajstić information content (AvgIpc) is 3.18. The summed E-state index contributed by atoms with van der Waals surface area (Å²) < 4.78 is 43.5. The minimum absolute atomic E-state index is 0.0108. The van der Waals surface area contributed by atoms with Crippen molar-refractivity contribution in [2.75, 3.05) is 15.8 Å². The highest BCUT2D eigenvalue weighted by Gasteiger charge is 2.15. The van der Waals surface area contributed by atoms with Crippen LogP contribution in [0.15, 0.2) is 48.9 Å². The average molecular weight is 490 g/mol. The zero-order valence-electron chi connectivity index (χ0n) is 17.8. The number of hydrogen-bond acceptors (Lipinski definition) is 4. The maximum Gasteiger partial charge on any atom is 0.155 e. The van der Waals surface area contributed by atoms with Gasteiger partial charge in [0.05, 0.1) is 10.7 Å². The second kappa shape index (κ2) is 10.3. The predicted octanol–water partition coefficient (Wildman–Crippen LogP) is 5.58. The molecule has 0 aliphatic carbocycles. The zero-order chi connectivity index (χ0) is 23.4. The maximum absolute atomic E-state index is 14.8. The number of fused-ring (bicyclic) bond motifs is 1. The second-order valence-electron chi connectivity index (χ2n) is 7.48. The van der Waals surface area contributed by atoms with Gasteiger partial charge in [-0.05, 0) is 41.8 Å². The number of anilines is 2. The van der Waals surface area contributed by atoms with Crippen LogP contribution >= 0.6 is 11.6 Å². The van der Waals surface area contributed by atoms with E-state index in [-0.39, 0.29) is 17.8 Å². The molecular weight excluding hydrogens is 468 g/mol. The van der Waals surface area contributed by atoms with Crippen LogP contribution in [0.3, 0.4) is 0 Å². The number of H-pyrrole nitrogens is 1. The van der Waals surface area contributed by atoms with E-state index in [2.05, 4.69) is 25.0 Å². The van der Waals surface area contributed by atoms with Gasteiger partial charge in [-0.15, -0.1) is 0 Å². The summed E-state index contributed by atoms with van der Waals surface area (Å²) >= 11 is 6.06. The lowest BCUT2D eigenvalue weighted by Crippen LogP contribution is -2.12. The standard InChI is InChI=1S/C23H22ClF2N5OS/c1-2-7-33(32)31-20-5-4-19(25)18(22(20)26)13-28-21-6-3-14(10-27-21)8-15-11-29-23-17(15)9-16(24)12-30-23/h3-6,9-12,31H,2,7-8,13H2,1H3,(H,27,28)(H,29,30). The van der Waals surface area contributed by atoms with Crippen molar-refractivity contribution in [3.8, 4) is 0 Å². The monoisotopic (exact) mass is 489 g/mol. The van der Waals surface area contributed by atoms with Crippen molar-refractivity contribution >= 4 is 45.1 Å². The van der Waals surface area contributed by atoms with Gasteiger partial charge in [-0.1, -0.05) is 24.6 Å². The van der Waals surface area contributed by atoms with E-state index in [9.17, 15) is 13.0 Å². The molecule has 1 aromatic carbocycles. The number of hydrogen-bond donors (Lipinski definition) is 3. The number of benzene rings is 1. The molecule has 4 aromatic rings. The number of rotatable bonds is 9. The SMILES string of the molecule is CCCS(=O)Nc1ccc(F)c(CNc2ccc(Cc3c[nH]c4ncc(Cl)cc34)cn2)c1F. The summed E-state index contributed by atoms with van der Waals surface area (Å²) in [4.78, 5) is 11.7. The molecule has 3 N–H and O–H groups in total. The normalized spacial score (nSPS) is 12.1. The molecule has 0 saturated carbocycles. The van der Waals surface area contributed by atoms with Crippen LogP contribution in [0.4, 0.5) is 20.3 Å². The highest BCUT2D eigenvalue weighted by molar-refractivity contribution is 7.86. The molecular formula is C23H22ClF2N5OS. The number of halogens is 3. The topological polar surface area (TPSA) is 82.7 Å². The predicted molar refractivity (Wildman–Crippen MR) is 129 cm³/mol. The fraction of sp³-hybridized carbons (Fsp3) is 0.217. The van der Waals surface area contributed by atoms with Gasteiger partial charge in [0.2, 0.25) is 0 Å². The van der Waals surface area contributed by atoms with Crippen LogP contribution in [-0.2, 0) is 24.0 Å². The molecule has 0 spiro atoms. The minimum Gasteiger partial charge on any atom is -0.366 e. The van der Waals surface area contributed by atoms with Crippen LogP contribution in [-0.4, -0.2) is 24.9 Å². The Kier molecular flexibility index (Phi) is 7.20. The molecule has 0 saturated heterocycles. The molecule has 1 unspecified atom stereocenters. The summed E-state index contributed by atoms with van der Waals surface area (Å²) in [5, 5.41) is 4.46. The molecule has 3 aromatic heterocycles. The van der Waals surface area contributed by atoms with Gasteiger partial charge in [0, 0.05) is 48.3 Å². The van der Waals surface area contributed by atoms with E-state index in [1.165, 1.54) is 6.07 Å². The van der Waals surface area contributed by atoms with Gasteiger partial charge in [0.1, 0.15) is 28.3 Å². The molecule has 3 heterocycles. The van der Waals surface area contributed by atoms with E-state index < -0.39 is 22.6 Å². The van der Waals surface area contributed by atoms with Crippen LogP contribution in [0.5, 0.6) is 0 Å². The zero-order valence-corrected chi connectivity index (χ0v) is 19.4. The number of nitrogens with one attached hydrogen (secondary N) is 3. The largest absolute Gasteiger partial charge is 0.366 e. The van der Waals surface area contributed by atoms with E-state index >= 15 is 0 Å². The molecule has 33 heavy (non-hydrogen) atoms. The lowest BCUT2D eigenvalue weighted by Gasteiger charge is -2.12. The Morgan fingerprint density at radius 3 is 2.76 bits per heavy atom. The molecule has 4 rings (SSSR count). The Bertz CT molecular complexity index is 1300. The number of aromatic nitrogens is 3. The van der Waals surface area contributed by atoms with Gasteiger partial charge in [-0.2, -0.15) is 0 Å². The van der Waals surface area contributed by atoms with Crippen LogP contribution in [0.25, 0.3) is 11.0 Å². The van der Waals surface area contributed by atoms with Gasteiger partial charge in [-0.3, -0.25) is 0 Å². The van der Waals surface area contributed by atoms with Gasteiger partial charge in [-0.25, -0.2) is 23.0 Å². The Labute approximate surface area is 197 Å². The fourth-order valence-electron chi connectivity index (χ4n) is 3.41. The fourth-order valence-corrected chi connectivity index (χ4v) is 4.44. The molecule has 6 nitrogen and oxygen atoms in total. The van der Waals surface area contributed by atoms with E-state index in [4.69, 9.17) is 11.6 Å². The summed E-state index contributed by atoms with van der Waals surface area (Å²) in [5.41, 5.74) is 2.62. The Morgan fingerprint density at radius 2 is 2.00 bits per heavy atom. The quantitative estimate of drug-likeness (QED) is 0.287. The molecule has 0 bridgehead atoms. The third-order valence-corrected chi connectivity index (χ3v) is 6.48. The summed E-state index contributed by atoms with van der Waals surface area (Å²) in [6.07, 6.45) is 6.50. The Hall–Kier alpha value is -3.04. The number of pyridine rings is 2. The first kappa shape index (κ1) is 23.1. The summed E-state index contributed by atoms with van der Waals surface area (Å²) in [7, 11) is -1.42. The third kappa shape index (κ3) is 5.48. The molecule has 172 valence electrons. The highest BCUT2D eigenvalue weighted by atomic mass is 35.5. The van der Waals surface area contributed by atoms with Crippen LogP contribution in [0, 0.1) is 11.6 Å². The van der Waals surface area contributed by atoms with Crippen LogP contribution in [0.2, 0.25) is 5.02 Å². The summed E-state index contributed by atoms with van der Waals surface area (Å²) in [6, 6.07) is 7.92. The first-order valence-electron chi connectivity index (χ1n) is 10.4. The van der Waals surface area contributed by atoms with Gasteiger partial charge < -0.3 is 15.0 Å². The highest BCUT2D eigenvalue weighted by Crippen LogP contribution is 2.24. The Morgan fingerprint density at radius 1 is 1.15 bits per heavy atom. The maximum atomic E-state index is 14.8. The number of nitrogens with zero attached hydrogens (tertiary/aromatic N) is 2. The van der Waals surface area contributed by atoms with Crippen molar-refractivity contribution in [1.82, 2.24) is 15.0 Å². The lowest BCUT2D eigenvalue weighted by atomic mass is 10.1. The van der Waals surface area contributed by atoms with E-state index in [0.717, 1.165) is 28.2 Å². The molecule has 0 radical (unpaired) electrons. The minimum atomic E-state index is -1.42. The van der Waals surface area contributed by atoms with Crippen molar-refractivity contribution in [3.05, 3.63) is 82.3 Å². The molecule has 0 aliphatic rings. The van der Waals surface area contributed by atoms with Crippen LogP contribution in [0.1, 0.15) is 30.0 Å². The van der Waals surface area contributed by atoms with Crippen molar-refractivity contribution in [3.63, 3.8) is 0 Å². The first-order chi connectivity index (χ1) is 15.9. The van der Waals surface area contributed by atoms with E-state index in [0.29, 0.717) is 29.4 Å². The molecule has 0 amide bonds. The molecule has 0 aliphatic heterocycles. The second-order valence-corrected chi connectivity index (χ2v) is 9.22. The smallest absolute Gasteiger partial charge is 0.155 e. The van der Waals surface area contributed by atoms with Crippen molar-refractivity contribution < 1.29 is 13.0 Å². The Balaban J connectivity index is 1.43.